The Morgan fingerprint density at radius 1 is 1.41 bits per heavy atom. The van der Waals surface area contributed by atoms with Gasteiger partial charge in [0.05, 0.1) is 24.7 Å². The summed E-state index contributed by atoms with van der Waals surface area (Å²) in [6, 6.07) is 4.46. The molecule has 2 heterocycles. The molecule has 0 radical (unpaired) electrons. The van der Waals surface area contributed by atoms with Crippen LogP contribution in [0, 0.1) is 0 Å². The number of hydrogen-bond donors (Lipinski definition) is 1. The number of ether oxygens (including phenoxy) is 2. The van der Waals surface area contributed by atoms with E-state index in [0.29, 0.717) is 35.2 Å². The van der Waals surface area contributed by atoms with Crippen LogP contribution in [0.1, 0.15) is 36.4 Å². The van der Waals surface area contributed by atoms with E-state index in [1.807, 2.05) is 13.0 Å². The predicted molar refractivity (Wildman–Crippen MR) is 112 cm³/mol. The molecular formula is C20H23ClN2O5S. The number of hydrogen-bond acceptors (Lipinski definition) is 6. The van der Waals surface area contributed by atoms with Crippen molar-refractivity contribution >= 4 is 50.8 Å². The zero-order valence-corrected chi connectivity index (χ0v) is 18.1. The summed E-state index contributed by atoms with van der Waals surface area (Å²) >= 11 is 7.71. The molecule has 3 rings (SSSR count). The summed E-state index contributed by atoms with van der Waals surface area (Å²) < 4.78 is 11.3. The highest BCUT2D eigenvalue weighted by Gasteiger charge is 2.37. The fourth-order valence-corrected chi connectivity index (χ4v) is 4.61. The molecule has 1 N–H and O–H groups in total. The SMILES string of the molecule is CCC(C)OC(=O)CC1C(=O)NCCN1C(=O)c1sc2cc(OC)ccc2c1Cl. The standard InChI is InChI=1S/C20H23ClN2O5S/c1-4-11(2)28-16(24)10-14-19(25)22-7-8-23(14)20(26)18-17(21)13-6-5-12(27-3)9-15(13)29-18/h5-6,9,11,14H,4,7-8,10H2,1-3H3,(H,22,25). The van der Waals surface area contributed by atoms with Crippen molar-refractivity contribution in [3.8, 4) is 5.75 Å². The minimum absolute atomic E-state index is 0.196. The van der Waals surface area contributed by atoms with Crippen molar-refractivity contribution in [3.05, 3.63) is 28.1 Å². The van der Waals surface area contributed by atoms with Crippen molar-refractivity contribution < 1.29 is 23.9 Å². The highest BCUT2D eigenvalue weighted by atomic mass is 35.5. The lowest BCUT2D eigenvalue weighted by Crippen LogP contribution is -2.57. The lowest BCUT2D eigenvalue weighted by atomic mass is 10.1. The smallest absolute Gasteiger partial charge is 0.308 e. The van der Waals surface area contributed by atoms with E-state index in [0.717, 1.165) is 10.1 Å². The summed E-state index contributed by atoms with van der Waals surface area (Å²) in [4.78, 5) is 39.6. The Hall–Kier alpha value is -2.32. The Kier molecular flexibility index (Phi) is 6.64. The molecule has 1 saturated heterocycles. The molecule has 2 atom stereocenters. The van der Waals surface area contributed by atoms with Gasteiger partial charge < -0.3 is 19.7 Å². The molecule has 1 aliphatic rings. The molecule has 1 fully saturated rings. The van der Waals surface area contributed by atoms with Gasteiger partial charge in [-0.25, -0.2) is 0 Å². The zero-order chi connectivity index (χ0) is 21.1. The molecule has 1 aromatic carbocycles. The maximum Gasteiger partial charge on any atom is 0.308 e. The van der Waals surface area contributed by atoms with Crippen LogP contribution in [0.5, 0.6) is 5.75 Å². The predicted octanol–water partition coefficient (Wildman–Crippen LogP) is 3.24. The van der Waals surface area contributed by atoms with Gasteiger partial charge in [-0.3, -0.25) is 14.4 Å². The quantitative estimate of drug-likeness (QED) is 0.700. The summed E-state index contributed by atoms with van der Waals surface area (Å²) in [5.74, 6) is -0.584. The number of amides is 2. The average Bonchev–Trinajstić information content (AvgIpc) is 3.04. The molecule has 1 aromatic heterocycles. The van der Waals surface area contributed by atoms with E-state index >= 15 is 0 Å². The molecule has 9 heteroatoms. The minimum Gasteiger partial charge on any atom is -0.497 e. The van der Waals surface area contributed by atoms with Gasteiger partial charge in [0.1, 0.15) is 16.7 Å². The van der Waals surface area contributed by atoms with Gasteiger partial charge in [-0.2, -0.15) is 0 Å². The fourth-order valence-electron chi connectivity index (χ4n) is 3.11. The van der Waals surface area contributed by atoms with Crippen LogP contribution < -0.4 is 10.1 Å². The number of rotatable bonds is 6. The molecule has 7 nitrogen and oxygen atoms in total. The molecule has 0 spiro atoms. The van der Waals surface area contributed by atoms with Gasteiger partial charge in [-0.1, -0.05) is 18.5 Å². The number of piperazine rings is 1. The van der Waals surface area contributed by atoms with E-state index in [9.17, 15) is 14.4 Å². The second-order valence-corrected chi connectivity index (χ2v) is 8.26. The van der Waals surface area contributed by atoms with Gasteiger partial charge >= 0.3 is 5.97 Å². The lowest BCUT2D eigenvalue weighted by molar-refractivity contribution is -0.151. The monoisotopic (exact) mass is 438 g/mol. The maximum atomic E-state index is 13.2. The Balaban J connectivity index is 1.87. The average molecular weight is 439 g/mol. The van der Waals surface area contributed by atoms with Gasteiger partial charge in [0.25, 0.3) is 5.91 Å². The minimum atomic E-state index is -0.927. The van der Waals surface area contributed by atoms with Gasteiger partial charge in [-0.15, -0.1) is 11.3 Å². The van der Waals surface area contributed by atoms with Crippen LogP contribution in [0.4, 0.5) is 0 Å². The summed E-state index contributed by atoms with van der Waals surface area (Å²) in [5.41, 5.74) is 0. The highest BCUT2D eigenvalue weighted by molar-refractivity contribution is 7.21. The number of halogens is 1. The van der Waals surface area contributed by atoms with E-state index in [-0.39, 0.29) is 24.3 Å². The second-order valence-electron chi connectivity index (χ2n) is 6.83. The van der Waals surface area contributed by atoms with Crippen LogP contribution in [0.25, 0.3) is 10.1 Å². The van der Waals surface area contributed by atoms with Gasteiger partial charge in [0.2, 0.25) is 5.91 Å². The first-order valence-electron chi connectivity index (χ1n) is 9.39. The van der Waals surface area contributed by atoms with Gasteiger partial charge in [0.15, 0.2) is 0 Å². The molecule has 0 saturated carbocycles. The van der Waals surface area contributed by atoms with E-state index in [1.165, 1.54) is 16.2 Å². The van der Waals surface area contributed by atoms with Crippen LogP contribution in [0.15, 0.2) is 18.2 Å². The second kappa shape index (κ2) is 9.00. The Bertz CT molecular complexity index is 944. The molecule has 2 amide bonds. The van der Waals surface area contributed by atoms with E-state index < -0.39 is 12.0 Å². The van der Waals surface area contributed by atoms with Crippen LogP contribution in [-0.4, -0.2) is 55.0 Å². The lowest BCUT2D eigenvalue weighted by Gasteiger charge is -2.34. The van der Waals surface area contributed by atoms with Crippen LogP contribution in [0.3, 0.4) is 0 Å². The molecule has 0 bridgehead atoms. The molecule has 29 heavy (non-hydrogen) atoms. The molecular weight excluding hydrogens is 416 g/mol. The summed E-state index contributed by atoms with van der Waals surface area (Å²) in [5, 5.41) is 3.79. The Morgan fingerprint density at radius 3 is 2.86 bits per heavy atom. The number of nitrogens with one attached hydrogen (secondary N) is 1. The van der Waals surface area contributed by atoms with Crippen molar-refractivity contribution in [1.29, 1.82) is 0 Å². The third-order valence-electron chi connectivity index (χ3n) is 4.89. The van der Waals surface area contributed by atoms with Crippen molar-refractivity contribution in [2.45, 2.75) is 38.8 Å². The number of fused-ring (bicyclic) bond motifs is 1. The molecule has 2 unspecified atom stereocenters. The summed E-state index contributed by atoms with van der Waals surface area (Å²) in [6.45, 7) is 4.30. The first-order valence-corrected chi connectivity index (χ1v) is 10.6. The molecule has 1 aliphatic heterocycles. The number of benzene rings is 1. The van der Waals surface area contributed by atoms with Gasteiger partial charge in [-0.05, 0) is 31.5 Å². The number of nitrogens with zero attached hydrogens (tertiary/aromatic N) is 1. The number of thiophene rings is 1. The first-order chi connectivity index (χ1) is 13.8. The van der Waals surface area contributed by atoms with Crippen LogP contribution in [-0.2, 0) is 14.3 Å². The van der Waals surface area contributed by atoms with Crippen molar-refractivity contribution in [2.75, 3.05) is 20.2 Å². The summed E-state index contributed by atoms with van der Waals surface area (Å²) in [6.07, 6.45) is 0.231. The zero-order valence-electron chi connectivity index (χ0n) is 16.5. The van der Waals surface area contributed by atoms with Crippen molar-refractivity contribution in [3.63, 3.8) is 0 Å². The maximum absolute atomic E-state index is 13.2. The normalized spacial score (nSPS) is 17.7. The third kappa shape index (κ3) is 4.48. The fraction of sp³-hybridized carbons (Fsp3) is 0.450. The number of esters is 1. The topological polar surface area (TPSA) is 84.9 Å². The van der Waals surface area contributed by atoms with E-state index in [1.54, 1.807) is 26.2 Å². The van der Waals surface area contributed by atoms with Crippen LogP contribution in [0.2, 0.25) is 5.02 Å². The highest BCUT2D eigenvalue weighted by Crippen LogP contribution is 2.38. The number of carbonyl (C=O) groups is 3. The van der Waals surface area contributed by atoms with Gasteiger partial charge in [0, 0.05) is 23.2 Å². The summed E-state index contributed by atoms with van der Waals surface area (Å²) in [7, 11) is 1.57. The Labute approximate surface area is 177 Å². The van der Waals surface area contributed by atoms with E-state index in [2.05, 4.69) is 5.32 Å². The molecule has 2 aromatic rings. The molecule has 0 aliphatic carbocycles. The third-order valence-corrected chi connectivity index (χ3v) is 6.54. The van der Waals surface area contributed by atoms with Crippen LogP contribution >= 0.6 is 22.9 Å². The molecule has 156 valence electrons. The van der Waals surface area contributed by atoms with Crippen molar-refractivity contribution in [1.82, 2.24) is 10.2 Å². The number of carbonyl (C=O) groups excluding carboxylic acids is 3. The first kappa shape index (κ1) is 21.4. The Morgan fingerprint density at radius 2 is 2.17 bits per heavy atom. The number of methoxy groups -OCH3 is 1. The van der Waals surface area contributed by atoms with E-state index in [4.69, 9.17) is 21.1 Å². The van der Waals surface area contributed by atoms with Crippen molar-refractivity contribution in [2.24, 2.45) is 0 Å². The largest absolute Gasteiger partial charge is 0.497 e.